The summed E-state index contributed by atoms with van der Waals surface area (Å²) < 4.78 is 23.1. The molecular weight excluding hydrogens is 246 g/mol. The van der Waals surface area contributed by atoms with Crippen LogP contribution in [0.2, 0.25) is 0 Å². The van der Waals surface area contributed by atoms with Crippen LogP contribution < -0.4 is 5.32 Å². The van der Waals surface area contributed by atoms with E-state index in [-0.39, 0.29) is 6.04 Å². The topological polar surface area (TPSA) is 46.2 Å². The molecule has 1 unspecified atom stereocenters. The molecular formula is C14H23NO2S. The minimum atomic E-state index is -2.73. The van der Waals surface area contributed by atoms with Crippen molar-refractivity contribution in [2.75, 3.05) is 11.5 Å². The summed E-state index contributed by atoms with van der Waals surface area (Å²) in [7, 11) is -2.73. The van der Waals surface area contributed by atoms with Crippen LogP contribution in [0.4, 0.5) is 0 Å². The molecule has 0 aromatic heterocycles. The fourth-order valence-electron chi connectivity index (χ4n) is 5.40. The maximum absolute atomic E-state index is 11.5. The molecule has 4 aliphatic carbocycles. The molecule has 0 radical (unpaired) electrons. The van der Waals surface area contributed by atoms with E-state index in [4.69, 9.17) is 0 Å². The second kappa shape index (κ2) is 3.95. The normalized spacial score (nSPS) is 52.9. The van der Waals surface area contributed by atoms with E-state index in [0.29, 0.717) is 17.5 Å². The Morgan fingerprint density at radius 3 is 2.00 bits per heavy atom. The van der Waals surface area contributed by atoms with Crippen LogP contribution in [0.25, 0.3) is 0 Å². The highest BCUT2D eigenvalue weighted by molar-refractivity contribution is 7.91. The minimum absolute atomic E-state index is 0.248. The van der Waals surface area contributed by atoms with E-state index in [1.807, 2.05) is 0 Å². The summed E-state index contributed by atoms with van der Waals surface area (Å²) in [4.78, 5) is 0. The molecule has 0 aromatic carbocycles. The third-order valence-electron chi connectivity index (χ3n) is 5.89. The van der Waals surface area contributed by atoms with E-state index in [9.17, 15) is 8.42 Å². The molecule has 3 nitrogen and oxygen atoms in total. The Balaban J connectivity index is 1.46. The van der Waals surface area contributed by atoms with Crippen LogP contribution in [0.15, 0.2) is 0 Å². The lowest BCUT2D eigenvalue weighted by atomic mass is 9.54. The SMILES string of the molecule is O=S1(=O)CCC(NC2C3CC4CC(C3)CC2C4)C1. The van der Waals surface area contributed by atoms with E-state index in [2.05, 4.69) is 5.32 Å². The van der Waals surface area contributed by atoms with E-state index >= 15 is 0 Å². The summed E-state index contributed by atoms with van der Waals surface area (Å²) in [5.41, 5.74) is 0. The predicted octanol–water partition coefficient (Wildman–Crippen LogP) is 1.59. The molecule has 4 bridgehead atoms. The monoisotopic (exact) mass is 269 g/mol. The smallest absolute Gasteiger partial charge is 0.151 e. The van der Waals surface area contributed by atoms with Gasteiger partial charge in [-0.15, -0.1) is 0 Å². The van der Waals surface area contributed by atoms with Gasteiger partial charge in [0.15, 0.2) is 9.84 Å². The Morgan fingerprint density at radius 2 is 1.50 bits per heavy atom. The molecule has 1 heterocycles. The van der Waals surface area contributed by atoms with Crippen molar-refractivity contribution >= 4 is 9.84 Å². The van der Waals surface area contributed by atoms with Gasteiger partial charge in [-0.2, -0.15) is 0 Å². The number of hydrogen-bond donors (Lipinski definition) is 1. The first-order valence-corrected chi connectivity index (χ1v) is 9.38. The van der Waals surface area contributed by atoms with Crippen LogP contribution in [-0.4, -0.2) is 32.0 Å². The van der Waals surface area contributed by atoms with Gasteiger partial charge in [0.2, 0.25) is 0 Å². The standard InChI is InChI=1S/C14H23NO2S/c16-18(17)2-1-13(8-18)15-14-11-4-9-3-10(6-11)7-12(14)5-9/h9-15H,1-8H2. The van der Waals surface area contributed by atoms with Crippen molar-refractivity contribution in [2.24, 2.45) is 23.7 Å². The van der Waals surface area contributed by atoms with Gasteiger partial charge in [-0.1, -0.05) is 0 Å². The van der Waals surface area contributed by atoms with Crippen LogP contribution in [0.5, 0.6) is 0 Å². The third kappa shape index (κ3) is 1.92. The van der Waals surface area contributed by atoms with Gasteiger partial charge in [0.25, 0.3) is 0 Å². The molecule has 102 valence electrons. The average molecular weight is 269 g/mol. The molecule has 0 aromatic rings. The summed E-state index contributed by atoms with van der Waals surface area (Å²) in [5, 5.41) is 3.74. The first kappa shape index (κ1) is 11.7. The van der Waals surface area contributed by atoms with Crippen molar-refractivity contribution in [2.45, 2.75) is 50.6 Å². The number of nitrogens with one attached hydrogen (secondary N) is 1. The van der Waals surface area contributed by atoms with Crippen molar-refractivity contribution in [3.8, 4) is 0 Å². The highest BCUT2D eigenvalue weighted by Crippen LogP contribution is 2.53. The molecule has 1 atom stereocenters. The molecule has 18 heavy (non-hydrogen) atoms. The van der Waals surface area contributed by atoms with Crippen molar-refractivity contribution in [1.29, 1.82) is 0 Å². The van der Waals surface area contributed by atoms with E-state index in [0.717, 1.165) is 30.1 Å². The van der Waals surface area contributed by atoms with Gasteiger partial charge in [0.05, 0.1) is 11.5 Å². The van der Waals surface area contributed by atoms with E-state index < -0.39 is 9.84 Å². The Kier molecular flexibility index (Phi) is 2.57. The Bertz CT molecular complexity index is 417. The van der Waals surface area contributed by atoms with Gasteiger partial charge >= 0.3 is 0 Å². The molecule has 1 saturated heterocycles. The molecule has 4 heteroatoms. The highest BCUT2D eigenvalue weighted by atomic mass is 32.2. The van der Waals surface area contributed by atoms with E-state index in [1.54, 1.807) is 0 Å². The summed E-state index contributed by atoms with van der Waals surface area (Å²) in [6.45, 7) is 0. The fraction of sp³-hybridized carbons (Fsp3) is 1.00. The first-order chi connectivity index (χ1) is 8.59. The Labute approximate surface area is 110 Å². The van der Waals surface area contributed by atoms with Crippen LogP contribution in [0.3, 0.4) is 0 Å². The zero-order valence-electron chi connectivity index (χ0n) is 10.8. The number of rotatable bonds is 2. The van der Waals surface area contributed by atoms with Gasteiger partial charge < -0.3 is 5.32 Å². The maximum atomic E-state index is 11.5. The Morgan fingerprint density at radius 1 is 0.889 bits per heavy atom. The van der Waals surface area contributed by atoms with Crippen LogP contribution in [0, 0.1) is 23.7 Å². The lowest BCUT2D eigenvalue weighted by Gasteiger charge is -2.55. The predicted molar refractivity (Wildman–Crippen MR) is 71.0 cm³/mol. The molecule has 1 aliphatic heterocycles. The zero-order valence-corrected chi connectivity index (χ0v) is 11.7. The maximum Gasteiger partial charge on any atom is 0.151 e. The summed E-state index contributed by atoms with van der Waals surface area (Å²) in [5.74, 6) is 4.48. The quantitative estimate of drug-likeness (QED) is 0.828. The van der Waals surface area contributed by atoms with Crippen LogP contribution in [-0.2, 0) is 9.84 Å². The number of hydrogen-bond acceptors (Lipinski definition) is 3. The molecule has 5 aliphatic rings. The van der Waals surface area contributed by atoms with Gasteiger partial charge in [-0.3, -0.25) is 0 Å². The molecule has 5 rings (SSSR count). The highest BCUT2D eigenvalue weighted by Gasteiger charge is 2.48. The average Bonchev–Trinajstić information content (AvgIpc) is 2.62. The van der Waals surface area contributed by atoms with Crippen molar-refractivity contribution in [3.05, 3.63) is 0 Å². The van der Waals surface area contributed by atoms with Gasteiger partial charge in [-0.25, -0.2) is 8.42 Å². The summed E-state index contributed by atoms with van der Waals surface area (Å²) in [6.07, 6.45) is 7.95. The van der Waals surface area contributed by atoms with Crippen LogP contribution in [0.1, 0.15) is 38.5 Å². The van der Waals surface area contributed by atoms with Crippen LogP contribution >= 0.6 is 0 Å². The number of sulfone groups is 1. The molecule has 1 N–H and O–H groups in total. The second-order valence-corrected chi connectivity index (χ2v) is 9.45. The van der Waals surface area contributed by atoms with Gasteiger partial charge in [-0.05, 0) is 62.2 Å². The Hall–Kier alpha value is -0.0900. The minimum Gasteiger partial charge on any atom is -0.310 e. The second-order valence-electron chi connectivity index (χ2n) is 7.22. The van der Waals surface area contributed by atoms with Gasteiger partial charge in [0, 0.05) is 12.1 Å². The molecule has 4 saturated carbocycles. The molecule has 0 spiro atoms. The molecule has 0 amide bonds. The first-order valence-electron chi connectivity index (χ1n) is 7.55. The van der Waals surface area contributed by atoms with Gasteiger partial charge in [0.1, 0.15) is 0 Å². The molecule has 5 fully saturated rings. The lowest BCUT2D eigenvalue weighted by molar-refractivity contribution is -0.0167. The lowest BCUT2D eigenvalue weighted by Crippen LogP contribution is -2.56. The van der Waals surface area contributed by atoms with Crippen molar-refractivity contribution < 1.29 is 8.42 Å². The third-order valence-corrected chi connectivity index (χ3v) is 7.66. The van der Waals surface area contributed by atoms with Crippen molar-refractivity contribution in [1.82, 2.24) is 5.32 Å². The fourth-order valence-corrected chi connectivity index (χ4v) is 7.08. The van der Waals surface area contributed by atoms with E-state index in [1.165, 1.54) is 32.1 Å². The summed E-state index contributed by atoms with van der Waals surface area (Å²) in [6, 6.07) is 0.883. The zero-order chi connectivity index (χ0) is 12.3. The summed E-state index contributed by atoms with van der Waals surface area (Å²) >= 11 is 0. The van der Waals surface area contributed by atoms with Crippen molar-refractivity contribution in [3.63, 3.8) is 0 Å². The largest absolute Gasteiger partial charge is 0.310 e.